The van der Waals surface area contributed by atoms with E-state index in [4.69, 9.17) is 16.3 Å². The largest absolute Gasteiger partial charge is 0.495 e. The monoisotopic (exact) mass is 457 g/mol. The summed E-state index contributed by atoms with van der Waals surface area (Å²) in [6.45, 7) is 6.04. The number of aromatic nitrogens is 3. The number of amides is 1. The van der Waals surface area contributed by atoms with Crippen molar-refractivity contribution in [3.63, 3.8) is 0 Å². The van der Waals surface area contributed by atoms with Crippen LogP contribution < -0.4 is 15.5 Å². The first-order valence-corrected chi connectivity index (χ1v) is 11.3. The molecular formula is C22H24ClN5O2S. The first-order chi connectivity index (χ1) is 14.9. The Morgan fingerprint density at radius 2 is 2.10 bits per heavy atom. The molecule has 2 unspecified atom stereocenters. The zero-order valence-electron chi connectivity index (χ0n) is 17.8. The third-order valence-electron chi connectivity index (χ3n) is 5.48. The molecule has 0 aliphatic carbocycles. The first-order valence-electron chi connectivity index (χ1n) is 10.0. The zero-order chi connectivity index (χ0) is 22.1. The minimum Gasteiger partial charge on any atom is -0.495 e. The molecule has 2 aromatic carbocycles. The molecule has 31 heavy (non-hydrogen) atoms. The SMILES string of the molecule is CCc1nnc2n1NC(c1ccc(OC)c(Cl)c1)C(C(=O)Nc1cccc(C)c1C)S2. The van der Waals surface area contributed by atoms with Crippen LogP contribution in [-0.4, -0.2) is 33.1 Å². The maximum Gasteiger partial charge on any atom is 0.240 e. The number of carbonyl (C=O) groups is 1. The van der Waals surface area contributed by atoms with Gasteiger partial charge in [0.05, 0.1) is 18.2 Å². The Balaban J connectivity index is 1.71. The summed E-state index contributed by atoms with van der Waals surface area (Å²) in [6.07, 6.45) is 0.718. The molecule has 1 aliphatic rings. The number of rotatable bonds is 5. The average molecular weight is 458 g/mol. The lowest BCUT2D eigenvalue weighted by molar-refractivity contribution is -0.116. The van der Waals surface area contributed by atoms with Gasteiger partial charge in [0.2, 0.25) is 11.1 Å². The van der Waals surface area contributed by atoms with Gasteiger partial charge in [-0.15, -0.1) is 10.2 Å². The van der Waals surface area contributed by atoms with Gasteiger partial charge in [0.15, 0.2) is 5.82 Å². The van der Waals surface area contributed by atoms with E-state index in [0.717, 1.165) is 34.6 Å². The molecule has 7 nitrogen and oxygen atoms in total. The van der Waals surface area contributed by atoms with Crippen molar-refractivity contribution in [1.82, 2.24) is 14.9 Å². The maximum atomic E-state index is 13.4. The summed E-state index contributed by atoms with van der Waals surface area (Å²) in [5, 5.41) is 12.3. The maximum absolute atomic E-state index is 13.4. The van der Waals surface area contributed by atoms with Crippen molar-refractivity contribution < 1.29 is 9.53 Å². The van der Waals surface area contributed by atoms with Gasteiger partial charge in [-0.25, -0.2) is 4.68 Å². The van der Waals surface area contributed by atoms with Crippen LogP contribution >= 0.6 is 23.4 Å². The number of aryl methyl sites for hydroxylation is 2. The Kier molecular flexibility index (Phi) is 6.11. The third kappa shape index (κ3) is 4.09. The smallest absolute Gasteiger partial charge is 0.240 e. The summed E-state index contributed by atoms with van der Waals surface area (Å²) in [7, 11) is 1.58. The standard InChI is InChI=1S/C22H24ClN5O2S/c1-5-18-25-26-22-28(18)27-19(14-9-10-17(30-4)15(23)11-14)20(31-22)21(29)24-16-8-6-7-12(2)13(16)3/h6-11,19-20,27H,5H2,1-4H3,(H,24,29). The molecule has 0 radical (unpaired) electrons. The van der Waals surface area contributed by atoms with Gasteiger partial charge >= 0.3 is 0 Å². The van der Waals surface area contributed by atoms with Crippen LogP contribution in [0.1, 0.15) is 35.5 Å². The summed E-state index contributed by atoms with van der Waals surface area (Å²) in [5.41, 5.74) is 7.28. The molecule has 0 bridgehead atoms. The molecule has 2 N–H and O–H groups in total. The summed E-state index contributed by atoms with van der Waals surface area (Å²) >= 11 is 7.78. The number of fused-ring (bicyclic) bond motifs is 1. The first kappa shape index (κ1) is 21.5. The highest BCUT2D eigenvalue weighted by Crippen LogP contribution is 2.39. The van der Waals surface area contributed by atoms with Crippen LogP contribution in [0.4, 0.5) is 5.69 Å². The minimum atomic E-state index is -0.481. The van der Waals surface area contributed by atoms with Crippen molar-refractivity contribution in [1.29, 1.82) is 0 Å². The minimum absolute atomic E-state index is 0.115. The van der Waals surface area contributed by atoms with E-state index in [1.54, 1.807) is 7.11 Å². The number of halogens is 1. The predicted octanol–water partition coefficient (Wildman–Crippen LogP) is 4.52. The fourth-order valence-electron chi connectivity index (χ4n) is 3.54. The average Bonchev–Trinajstić information content (AvgIpc) is 3.18. The molecule has 2 heterocycles. The van der Waals surface area contributed by atoms with Gasteiger partial charge in [-0.2, -0.15) is 0 Å². The number of hydrogen-bond acceptors (Lipinski definition) is 6. The Bertz CT molecular complexity index is 1130. The van der Waals surface area contributed by atoms with Crippen LogP contribution in [0.3, 0.4) is 0 Å². The molecule has 1 aliphatic heterocycles. The lowest BCUT2D eigenvalue weighted by atomic mass is 10.0. The van der Waals surface area contributed by atoms with E-state index in [2.05, 4.69) is 20.9 Å². The number of benzene rings is 2. The summed E-state index contributed by atoms with van der Waals surface area (Å²) in [4.78, 5) is 13.4. The van der Waals surface area contributed by atoms with Crippen molar-refractivity contribution in [3.8, 4) is 5.75 Å². The van der Waals surface area contributed by atoms with Gasteiger partial charge in [-0.3, -0.25) is 4.79 Å². The quantitative estimate of drug-likeness (QED) is 0.586. The predicted molar refractivity (Wildman–Crippen MR) is 124 cm³/mol. The molecule has 0 fully saturated rings. The van der Waals surface area contributed by atoms with Crippen molar-refractivity contribution >= 4 is 35.0 Å². The summed E-state index contributed by atoms with van der Waals surface area (Å²) < 4.78 is 7.14. The van der Waals surface area contributed by atoms with Crippen molar-refractivity contribution in [2.75, 3.05) is 17.9 Å². The highest BCUT2D eigenvalue weighted by molar-refractivity contribution is 8.00. The molecule has 162 valence electrons. The topological polar surface area (TPSA) is 81.1 Å². The highest BCUT2D eigenvalue weighted by atomic mass is 35.5. The van der Waals surface area contributed by atoms with Crippen LogP contribution in [0, 0.1) is 13.8 Å². The molecule has 0 saturated carbocycles. The number of thioether (sulfide) groups is 1. The van der Waals surface area contributed by atoms with Crippen molar-refractivity contribution in [2.24, 2.45) is 0 Å². The Labute approximate surface area is 190 Å². The van der Waals surface area contributed by atoms with E-state index in [0.29, 0.717) is 15.9 Å². The van der Waals surface area contributed by atoms with Gasteiger partial charge in [0, 0.05) is 12.1 Å². The number of anilines is 1. The molecule has 1 aromatic heterocycles. The van der Waals surface area contributed by atoms with E-state index in [9.17, 15) is 4.79 Å². The number of nitrogens with one attached hydrogen (secondary N) is 2. The molecule has 0 spiro atoms. The van der Waals surface area contributed by atoms with Gasteiger partial charge < -0.3 is 15.5 Å². The van der Waals surface area contributed by atoms with Crippen molar-refractivity contribution in [2.45, 2.75) is 43.6 Å². The van der Waals surface area contributed by atoms with Gasteiger partial charge in [0.1, 0.15) is 11.0 Å². The van der Waals surface area contributed by atoms with E-state index in [1.807, 2.05) is 61.8 Å². The summed E-state index contributed by atoms with van der Waals surface area (Å²) in [5.74, 6) is 1.28. The summed E-state index contributed by atoms with van der Waals surface area (Å²) in [6, 6.07) is 11.1. The number of methoxy groups -OCH3 is 1. The Morgan fingerprint density at radius 1 is 1.29 bits per heavy atom. The fraction of sp³-hybridized carbons (Fsp3) is 0.318. The van der Waals surface area contributed by atoms with E-state index in [1.165, 1.54) is 11.8 Å². The lowest BCUT2D eigenvalue weighted by Gasteiger charge is -2.33. The van der Waals surface area contributed by atoms with Gasteiger partial charge in [-0.05, 0) is 48.7 Å². The molecule has 1 amide bonds. The second kappa shape index (κ2) is 8.80. The van der Waals surface area contributed by atoms with Crippen LogP contribution in [0.2, 0.25) is 5.02 Å². The molecule has 3 aromatic rings. The molecule has 0 saturated heterocycles. The van der Waals surface area contributed by atoms with Crippen molar-refractivity contribution in [3.05, 3.63) is 63.9 Å². The van der Waals surface area contributed by atoms with E-state index < -0.39 is 5.25 Å². The number of ether oxygens (including phenoxy) is 1. The second-order valence-corrected chi connectivity index (χ2v) is 8.88. The van der Waals surface area contributed by atoms with E-state index >= 15 is 0 Å². The Morgan fingerprint density at radius 3 is 2.81 bits per heavy atom. The second-order valence-electron chi connectivity index (χ2n) is 7.36. The molecule has 9 heteroatoms. The highest BCUT2D eigenvalue weighted by Gasteiger charge is 2.38. The van der Waals surface area contributed by atoms with E-state index in [-0.39, 0.29) is 11.9 Å². The molecule has 2 atom stereocenters. The number of hydrogen-bond donors (Lipinski definition) is 2. The number of nitrogens with zero attached hydrogens (tertiary/aromatic N) is 3. The van der Waals surface area contributed by atoms with Crippen LogP contribution in [0.25, 0.3) is 0 Å². The Hall–Kier alpha value is -2.71. The van der Waals surface area contributed by atoms with Gasteiger partial charge in [0.25, 0.3) is 0 Å². The lowest BCUT2D eigenvalue weighted by Crippen LogP contribution is -2.41. The zero-order valence-corrected chi connectivity index (χ0v) is 19.3. The van der Waals surface area contributed by atoms with Gasteiger partial charge in [-0.1, -0.05) is 48.5 Å². The van der Waals surface area contributed by atoms with Crippen LogP contribution in [-0.2, 0) is 11.2 Å². The molecular weight excluding hydrogens is 434 g/mol. The van der Waals surface area contributed by atoms with Crippen LogP contribution in [0.5, 0.6) is 5.75 Å². The fourth-order valence-corrected chi connectivity index (χ4v) is 4.91. The normalized spacial score (nSPS) is 17.6. The van der Waals surface area contributed by atoms with Crippen LogP contribution in [0.15, 0.2) is 41.6 Å². The number of carbonyl (C=O) groups excluding carboxylic acids is 1. The third-order valence-corrected chi connectivity index (χ3v) is 6.99. The molecule has 4 rings (SSSR count).